The van der Waals surface area contributed by atoms with Gasteiger partial charge in [0.15, 0.2) is 0 Å². The number of rotatable bonds is 11. The second-order valence-corrected chi connectivity index (χ2v) is 6.68. The summed E-state index contributed by atoms with van der Waals surface area (Å²) in [6.07, 6.45) is 0. The Bertz CT molecular complexity index is 387. The van der Waals surface area contributed by atoms with Crippen molar-refractivity contribution in [2.75, 3.05) is 67.5 Å². The average Bonchev–Trinajstić information content (AvgIpc) is 2.30. The van der Waals surface area contributed by atoms with E-state index in [0.29, 0.717) is 0 Å². The zero-order valence-corrected chi connectivity index (χ0v) is 15.0. The molecular weight excluding hydrogens is 338 g/mol. The zero-order chi connectivity index (χ0) is 20.2. The van der Waals surface area contributed by atoms with E-state index in [4.69, 9.17) is 20.4 Å². The van der Waals surface area contributed by atoms with E-state index in [1.807, 2.05) is 0 Å². The molecule has 0 heterocycles. The fourth-order valence-corrected chi connectivity index (χ4v) is 1.48. The molecule has 0 spiro atoms. The smallest absolute Gasteiger partial charge is 0.317 e. The molecule has 0 bridgehead atoms. The predicted octanol–water partition coefficient (Wildman–Crippen LogP) is -1.75. The fraction of sp³-hybridized carbons (Fsp3) is 0.714. The van der Waals surface area contributed by atoms with Gasteiger partial charge in [0, 0.05) is 13.1 Å². The molecule has 0 saturated carbocycles. The van der Waals surface area contributed by atoms with Crippen LogP contribution in [0, 0.1) is 0 Å². The van der Waals surface area contributed by atoms with Crippen LogP contribution in [0.25, 0.3) is 0 Å². The van der Waals surface area contributed by atoms with Crippen molar-refractivity contribution in [1.29, 1.82) is 0 Å². The van der Waals surface area contributed by atoms with Crippen LogP contribution in [0.4, 0.5) is 0 Å². The van der Waals surface area contributed by atoms with Gasteiger partial charge in [0.25, 0.3) is 0 Å². The van der Waals surface area contributed by atoms with Crippen molar-refractivity contribution < 1.29 is 44.1 Å². The number of nitrogens with zero attached hydrogens (tertiary/aromatic N) is 3. The Hall–Kier alpha value is -2.24. The molecule has 0 atom stereocenters. The molecule has 0 aromatic heterocycles. The molecule has 0 aliphatic heterocycles. The molecule has 0 saturated heterocycles. The molecule has 25 heavy (non-hydrogen) atoms. The summed E-state index contributed by atoms with van der Waals surface area (Å²) in [5, 5.41) is 34.5. The highest BCUT2D eigenvalue weighted by molar-refractivity contribution is 5.73. The SMILES string of the molecule is C[N+](C)(C)C.O=C(O)CN(CCN(CC(=O)O)CC(=O)O)CC(=O)O. The van der Waals surface area contributed by atoms with Crippen molar-refractivity contribution in [1.82, 2.24) is 9.80 Å². The topological polar surface area (TPSA) is 156 Å². The Morgan fingerprint density at radius 3 is 0.880 bits per heavy atom. The molecule has 0 aromatic rings. The van der Waals surface area contributed by atoms with Crippen molar-refractivity contribution in [3.8, 4) is 0 Å². The number of carboxylic acids is 4. The van der Waals surface area contributed by atoms with Crippen molar-refractivity contribution >= 4 is 23.9 Å². The summed E-state index contributed by atoms with van der Waals surface area (Å²) in [7, 11) is 8.50. The molecule has 146 valence electrons. The first-order valence-electron chi connectivity index (χ1n) is 7.31. The normalized spacial score (nSPS) is 11.0. The molecule has 11 nitrogen and oxygen atoms in total. The summed E-state index contributed by atoms with van der Waals surface area (Å²) in [6, 6.07) is 0. The molecule has 0 amide bonds. The minimum atomic E-state index is -1.23. The van der Waals surface area contributed by atoms with E-state index in [1.54, 1.807) is 0 Å². The lowest BCUT2D eigenvalue weighted by molar-refractivity contribution is -0.849. The Morgan fingerprint density at radius 1 is 0.600 bits per heavy atom. The van der Waals surface area contributed by atoms with Crippen LogP contribution in [0.2, 0.25) is 0 Å². The van der Waals surface area contributed by atoms with E-state index >= 15 is 0 Å². The number of hydrogen-bond donors (Lipinski definition) is 4. The van der Waals surface area contributed by atoms with Gasteiger partial charge in [0.05, 0.1) is 54.4 Å². The molecule has 0 aromatic carbocycles. The van der Waals surface area contributed by atoms with Gasteiger partial charge in [0.1, 0.15) is 0 Å². The minimum Gasteiger partial charge on any atom is -0.480 e. The van der Waals surface area contributed by atoms with Crippen LogP contribution in [0.15, 0.2) is 0 Å². The first-order valence-corrected chi connectivity index (χ1v) is 7.31. The van der Waals surface area contributed by atoms with E-state index in [0.717, 1.165) is 14.3 Å². The monoisotopic (exact) mass is 366 g/mol. The number of carboxylic acid groups (broad SMARTS) is 4. The Morgan fingerprint density at radius 2 is 0.760 bits per heavy atom. The molecule has 11 heteroatoms. The maximum absolute atomic E-state index is 10.6. The van der Waals surface area contributed by atoms with Crippen molar-refractivity contribution in [3.63, 3.8) is 0 Å². The van der Waals surface area contributed by atoms with E-state index in [2.05, 4.69) is 28.2 Å². The van der Waals surface area contributed by atoms with Gasteiger partial charge >= 0.3 is 23.9 Å². The summed E-state index contributed by atoms with van der Waals surface area (Å²) in [5.41, 5.74) is 0. The van der Waals surface area contributed by atoms with Gasteiger partial charge in [-0.15, -0.1) is 0 Å². The van der Waals surface area contributed by atoms with Crippen LogP contribution in [-0.4, -0.2) is 126 Å². The summed E-state index contributed by atoms with van der Waals surface area (Å²) < 4.78 is 1.00. The summed E-state index contributed by atoms with van der Waals surface area (Å²) >= 11 is 0. The van der Waals surface area contributed by atoms with Gasteiger partial charge in [-0.2, -0.15) is 0 Å². The van der Waals surface area contributed by atoms with Crippen LogP contribution in [0.5, 0.6) is 0 Å². The molecule has 0 fully saturated rings. The second kappa shape index (κ2) is 12.2. The van der Waals surface area contributed by atoms with Crippen molar-refractivity contribution in [2.45, 2.75) is 0 Å². The van der Waals surface area contributed by atoms with Gasteiger partial charge in [-0.05, 0) is 0 Å². The summed E-state index contributed by atoms with van der Waals surface area (Å²) in [4.78, 5) is 44.4. The third kappa shape index (κ3) is 24.1. The van der Waals surface area contributed by atoms with Crippen LogP contribution in [-0.2, 0) is 19.2 Å². The van der Waals surface area contributed by atoms with Gasteiger partial charge in [-0.25, -0.2) is 0 Å². The van der Waals surface area contributed by atoms with Gasteiger partial charge in [0.2, 0.25) is 0 Å². The third-order valence-corrected chi connectivity index (χ3v) is 2.17. The van der Waals surface area contributed by atoms with Crippen LogP contribution >= 0.6 is 0 Å². The summed E-state index contributed by atoms with van der Waals surface area (Å²) in [6.45, 7) is -2.25. The highest BCUT2D eigenvalue weighted by Gasteiger charge is 2.17. The molecule has 0 radical (unpaired) electrons. The Labute approximate surface area is 146 Å². The number of aliphatic carboxylic acids is 4. The Kier molecular flexibility index (Phi) is 12.2. The fourth-order valence-electron chi connectivity index (χ4n) is 1.48. The van der Waals surface area contributed by atoms with Crippen LogP contribution in [0.3, 0.4) is 0 Å². The lowest BCUT2D eigenvalue weighted by atomic mass is 10.4. The van der Waals surface area contributed by atoms with Gasteiger partial charge in [-0.3, -0.25) is 29.0 Å². The average molecular weight is 366 g/mol. The Balaban J connectivity index is 0. The van der Waals surface area contributed by atoms with E-state index in [-0.39, 0.29) is 13.1 Å². The van der Waals surface area contributed by atoms with Crippen molar-refractivity contribution in [3.05, 3.63) is 0 Å². The first kappa shape index (κ1) is 25.0. The van der Waals surface area contributed by atoms with Crippen LogP contribution < -0.4 is 0 Å². The largest absolute Gasteiger partial charge is 0.480 e. The van der Waals surface area contributed by atoms with Crippen LogP contribution in [0.1, 0.15) is 0 Å². The number of hydrogen-bond acceptors (Lipinski definition) is 6. The highest BCUT2D eigenvalue weighted by atomic mass is 16.4. The lowest BCUT2D eigenvalue weighted by Gasteiger charge is -2.23. The van der Waals surface area contributed by atoms with Crippen molar-refractivity contribution in [2.24, 2.45) is 0 Å². The predicted molar refractivity (Wildman–Crippen MR) is 87.4 cm³/mol. The maximum atomic E-state index is 10.6. The molecular formula is C14H28N3O8+. The van der Waals surface area contributed by atoms with Gasteiger partial charge in [-0.1, -0.05) is 0 Å². The van der Waals surface area contributed by atoms with Gasteiger partial charge < -0.3 is 24.9 Å². The molecule has 0 rings (SSSR count). The van der Waals surface area contributed by atoms with E-state index in [1.165, 1.54) is 0 Å². The summed E-state index contributed by atoms with van der Waals surface area (Å²) in [5.74, 6) is -4.91. The molecule has 4 N–H and O–H groups in total. The lowest BCUT2D eigenvalue weighted by Crippen LogP contribution is -2.43. The molecule has 0 unspecified atom stereocenters. The maximum Gasteiger partial charge on any atom is 0.317 e. The minimum absolute atomic E-state index is 0.0703. The quantitative estimate of drug-likeness (QED) is 0.309. The zero-order valence-electron chi connectivity index (χ0n) is 15.0. The number of carbonyl (C=O) groups is 4. The molecule has 0 aliphatic rings. The second-order valence-electron chi connectivity index (χ2n) is 6.68. The van der Waals surface area contributed by atoms with E-state index < -0.39 is 50.1 Å². The number of quaternary nitrogens is 1. The third-order valence-electron chi connectivity index (χ3n) is 2.17. The highest BCUT2D eigenvalue weighted by Crippen LogP contribution is 1.94. The first-order chi connectivity index (χ1) is 11.2. The molecule has 0 aliphatic carbocycles. The standard InChI is InChI=1S/C10H16N2O8.C4H12N/c13-7(14)3-11(4-8(15)16)1-2-12(5-9(17)18)6-10(19)20;1-5(2,3)4/h1-6H2,(H,13,14)(H,15,16)(H,17,18)(H,19,20);1-4H3/q;+1. The van der Waals surface area contributed by atoms with E-state index in [9.17, 15) is 19.2 Å².